The van der Waals surface area contributed by atoms with E-state index in [4.69, 9.17) is 21.1 Å². The Labute approximate surface area is 189 Å². The van der Waals surface area contributed by atoms with Crippen molar-refractivity contribution in [2.75, 3.05) is 30.6 Å². The fourth-order valence-electron chi connectivity index (χ4n) is 2.74. The van der Waals surface area contributed by atoms with Crippen LogP contribution in [0.15, 0.2) is 71.6 Å². The molecule has 0 aliphatic heterocycles. The fourth-order valence-corrected chi connectivity index (χ4v) is 3.57. The van der Waals surface area contributed by atoms with Crippen molar-refractivity contribution in [3.63, 3.8) is 0 Å². The minimum absolute atomic E-state index is 0.207. The van der Waals surface area contributed by atoms with Gasteiger partial charge in [-0.3, -0.25) is 9.59 Å². The number of carbonyl (C=O) groups excluding carboxylic acids is 2. The zero-order valence-corrected chi connectivity index (χ0v) is 18.5. The summed E-state index contributed by atoms with van der Waals surface area (Å²) in [6.45, 7) is 0. The summed E-state index contributed by atoms with van der Waals surface area (Å²) < 4.78 is 10.8. The molecule has 6 nitrogen and oxygen atoms in total. The topological polar surface area (TPSA) is 76.7 Å². The number of ether oxygens (including phenoxy) is 2. The predicted octanol–water partition coefficient (Wildman–Crippen LogP) is 5.34. The van der Waals surface area contributed by atoms with E-state index in [1.165, 1.54) is 26.0 Å². The largest absolute Gasteiger partial charge is 0.494 e. The predicted molar refractivity (Wildman–Crippen MR) is 125 cm³/mol. The van der Waals surface area contributed by atoms with Gasteiger partial charge in [-0.15, -0.1) is 11.8 Å². The van der Waals surface area contributed by atoms with E-state index < -0.39 is 0 Å². The number of amides is 2. The second-order valence-corrected chi connectivity index (χ2v) is 7.85. The molecule has 0 saturated heterocycles. The summed E-state index contributed by atoms with van der Waals surface area (Å²) in [6, 6.07) is 19.3. The maximum Gasteiger partial charge on any atom is 0.255 e. The van der Waals surface area contributed by atoms with E-state index in [1.54, 1.807) is 48.5 Å². The standard InChI is InChI=1S/C23H21ClN2O4S/c1-29-20-13-19(26-23(28)15-6-4-3-5-7-15)21(30-2)12-18(20)25-22(27)14-31-17-10-8-16(24)9-11-17/h3-13H,14H2,1-2H3,(H,25,27)(H,26,28). The lowest BCUT2D eigenvalue weighted by atomic mass is 10.2. The zero-order valence-electron chi connectivity index (χ0n) is 17.0. The Hall–Kier alpha value is -3.16. The van der Waals surface area contributed by atoms with E-state index >= 15 is 0 Å². The van der Waals surface area contributed by atoms with E-state index in [1.807, 2.05) is 18.2 Å². The number of anilines is 2. The number of hydrogen-bond donors (Lipinski definition) is 2. The van der Waals surface area contributed by atoms with Crippen LogP contribution in [-0.2, 0) is 4.79 Å². The summed E-state index contributed by atoms with van der Waals surface area (Å²) >= 11 is 7.27. The molecular formula is C23H21ClN2O4S. The third-order valence-corrected chi connectivity index (χ3v) is 5.53. The SMILES string of the molecule is COc1cc(NC(=O)c2ccccc2)c(OC)cc1NC(=O)CSc1ccc(Cl)cc1. The summed E-state index contributed by atoms with van der Waals surface area (Å²) in [5.41, 5.74) is 1.39. The van der Waals surface area contributed by atoms with E-state index in [2.05, 4.69) is 10.6 Å². The van der Waals surface area contributed by atoms with Crippen molar-refractivity contribution in [1.82, 2.24) is 0 Å². The monoisotopic (exact) mass is 456 g/mol. The summed E-state index contributed by atoms with van der Waals surface area (Å²) in [5.74, 6) is 0.512. The first kappa shape index (κ1) is 22.5. The number of benzene rings is 3. The highest BCUT2D eigenvalue weighted by Crippen LogP contribution is 2.37. The van der Waals surface area contributed by atoms with Gasteiger partial charge in [0.2, 0.25) is 5.91 Å². The van der Waals surface area contributed by atoms with Gasteiger partial charge >= 0.3 is 0 Å². The van der Waals surface area contributed by atoms with Crippen molar-refractivity contribution in [3.05, 3.63) is 77.3 Å². The molecule has 2 amide bonds. The van der Waals surface area contributed by atoms with Gasteiger partial charge < -0.3 is 20.1 Å². The molecule has 0 unspecified atom stereocenters. The van der Waals surface area contributed by atoms with Gasteiger partial charge in [0.15, 0.2) is 0 Å². The summed E-state index contributed by atoms with van der Waals surface area (Å²) in [6.07, 6.45) is 0. The smallest absolute Gasteiger partial charge is 0.255 e. The number of methoxy groups -OCH3 is 2. The summed E-state index contributed by atoms with van der Waals surface area (Å²) in [5, 5.41) is 6.28. The number of halogens is 1. The molecule has 3 aromatic carbocycles. The second-order valence-electron chi connectivity index (χ2n) is 6.36. The van der Waals surface area contributed by atoms with E-state index in [9.17, 15) is 9.59 Å². The lowest BCUT2D eigenvalue weighted by Gasteiger charge is -2.16. The molecule has 0 spiro atoms. The molecule has 3 aromatic rings. The third-order valence-electron chi connectivity index (χ3n) is 4.26. The number of hydrogen-bond acceptors (Lipinski definition) is 5. The van der Waals surface area contributed by atoms with Crippen LogP contribution in [0.3, 0.4) is 0 Å². The van der Waals surface area contributed by atoms with Gasteiger partial charge in [0, 0.05) is 27.6 Å². The minimum Gasteiger partial charge on any atom is -0.494 e. The Morgan fingerprint density at radius 3 is 2.03 bits per heavy atom. The van der Waals surface area contributed by atoms with Crippen LogP contribution in [0.1, 0.15) is 10.4 Å². The summed E-state index contributed by atoms with van der Waals surface area (Å²) in [4.78, 5) is 25.9. The Bertz CT molecular complexity index is 1060. The maximum atomic E-state index is 12.5. The number of carbonyl (C=O) groups is 2. The summed E-state index contributed by atoms with van der Waals surface area (Å²) in [7, 11) is 2.98. The van der Waals surface area contributed by atoms with Gasteiger partial charge in [-0.05, 0) is 36.4 Å². The van der Waals surface area contributed by atoms with Gasteiger partial charge in [-0.1, -0.05) is 29.8 Å². The normalized spacial score (nSPS) is 10.3. The maximum absolute atomic E-state index is 12.5. The number of nitrogens with one attached hydrogen (secondary N) is 2. The molecule has 2 N–H and O–H groups in total. The average Bonchev–Trinajstić information content (AvgIpc) is 2.79. The highest BCUT2D eigenvalue weighted by molar-refractivity contribution is 8.00. The van der Waals surface area contributed by atoms with Crippen molar-refractivity contribution in [3.8, 4) is 11.5 Å². The molecule has 8 heteroatoms. The van der Waals surface area contributed by atoms with E-state index in [-0.39, 0.29) is 17.6 Å². The van der Waals surface area contributed by atoms with E-state index in [0.29, 0.717) is 33.5 Å². The van der Waals surface area contributed by atoms with Gasteiger partial charge in [0.1, 0.15) is 11.5 Å². The average molecular weight is 457 g/mol. The van der Waals surface area contributed by atoms with Crippen molar-refractivity contribution in [2.24, 2.45) is 0 Å². The Morgan fingerprint density at radius 1 is 0.871 bits per heavy atom. The molecule has 0 radical (unpaired) electrons. The molecule has 160 valence electrons. The molecule has 3 rings (SSSR count). The van der Waals surface area contributed by atoms with Crippen LogP contribution in [0.2, 0.25) is 5.02 Å². The van der Waals surface area contributed by atoms with Crippen LogP contribution >= 0.6 is 23.4 Å². The van der Waals surface area contributed by atoms with Crippen LogP contribution in [0.25, 0.3) is 0 Å². The first-order chi connectivity index (χ1) is 15.0. The lowest BCUT2D eigenvalue weighted by Crippen LogP contribution is -2.16. The van der Waals surface area contributed by atoms with Gasteiger partial charge in [-0.25, -0.2) is 0 Å². The van der Waals surface area contributed by atoms with Crippen LogP contribution in [0, 0.1) is 0 Å². The lowest BCUT2D eigenvalue weighted by molar-refractivity contribution is -0.113. The van der Waals surface area contributed by atoms with Crippen LogP contribution in [0.4, 0.5) is 11.4 Å². The third kappa shape index (κ3) is 6.16. The van der Waals surface area contributed by atoms with Gasteiger partial charge in [0.05, 0.1) is 31.3 Å². The van der Waals surface area contributed by atoms with Crippen LogP contribution in [-0.4, -0.2) is 31.8 Å². The number of thioether (sulfide) groups is 1. The molecule has 0 aliphatic rings. The Kier molecular flexibility index (Phi) is 7.81. The molecule has 0 aliphatic carbocycles. The molecule has 0 fully saturated rings. The van der Waals surface area contributed by atoms with Crippen molar-refractivity contribution < 1.29 is 19.1 Å². The molecule has 0 aromatic heterocycles. The molecule has 0 saturated carbocycles. The van der Waals surface area contributed by atoms with Gasteiger partial charge in [0.25, 0.3) is 5.91 Å². The highest BCUT2D eigenvalue weighted by Gasteiger charge is 2.16. The molecule has 31 heavy (non-hydrogen) atoms. The molecular weight excluding hydrogens is 436 g/mol. The van der Waals surface area contributed by atoms with Crippen molar-refractivity contribution in [1.29, 1.82) is 0 Å². The first-order valence-corrected chi connectivity index (χ1v) is 10.7. The quantitative estimate of drug-likeness (QED) is 0.447. The fraction of sp³-hybridized carbons (Fsp3) is 0.130. The van der Waals surface area contributed by atoms with Crippen LogP contribution < -0.4 is 20.1 Å². The van der Waals surface area contributed by atoms with Crippen molar-refractivity contribution >= 4 is 46.6 Å². The molecule has 0 bridgehead atoms. The first-order valence-electron chi connectivity index (χ1n) is 9.31. The van der Waals surface area contributed by atoms with Crippen LogP contribution in [0.5, 0.6) is 11.5 Å². The van der Waals surface area contributed by atoms with Gasteiger partial charge in [-0.2, -0.15) is 0 Å². The second kappa shape index (κ2) is 10.7. The molecule has 0 heterocycles. The highest BCUT2D eigenvalue weighted by atomic mass is 35.5. The Balaban J connectivity index is 1.72. The molecule has 0 atom stereocenters. The number of rotatable bonds is 8. The minimum atomic E-state index is -0.280. The zero-order chi connectivity index (χ0) is 22.2. The van der Waals surface area contributed by atoms with Crippen molar-refractivity contribution in [2.45, 2.75) is 4.90 Å². The Morgan fingerprint density at radius 2 is 1.45 bits per heavy atom. The van der Waals surface area contributed by atoms with E-state index in [0.717, 1.165) is 4.90 Å².